The van der Waals surface area contributed by atoms with Crippen molar-refractivity contribution in [1.82, 2.24) is 0 Å². The summed E-state index contributed by atoms with van der Waals surface area (Å²) < 4.78 is 0. The summed E-state index contributed by atoms with van der Waals surface area (Å²) in [6.07, 6.45) is 7.42. The summed E-state index contributed by atoms with van der Waals surface area (Å²) in [5.41, 5.74) is 5.87. The molecule has 0 saturated heterocycles. The minimum Gasteiger partial charge on any atom is -0.258 e. The Morgan fingerprint density at radius 1 is 1.00 bits per heavy atom. The van der Waals surface area contributed by atoms with E-state index in [1.807, 2.05) is 12.1 Å². The zero-order chi connectivity index (χ0) is 18.4. The number of nitro groups is 1. The highest BCUT2D eigenvalue weighted by Gasteiger charge is 2.31. The van der Waals surface area contributed by atoms with Crippen molar-refractivity contribution in [2.45, 2.75) is 25.2 Å². The van der Waals surface area contributed by atoms with Gasteiger partial charge in [-0.05, 0) is 58.0 Å². The van der Waals surface area contributed by atoms with Crippen LogP contribution in [-0.4, -0.2) is 4.92 Å². The van der Waals surface area contributed by atoms with Crippen molar-refractivity contribution in [2.24, 2.45) is 0 Å². The van der Waals surface area contributed by atoms with Crippen LogP contribution in [0.1, 0.15) is 35.4 Å². The third kappa shape index (κ3) is 2.50. The van der Waals surface area contributed by atoms with Crippen LogP contribution in [0.25, 0.3) is 23.3 Å². The van der Waals surface area contributed by atoms with Crippen LogP contribution < -0.4 is 10.4 Å². The van der Waals surface area contributed by atoms with Gasteiger partial charge in [0.15, 0.2) is 0 Å². The Morgan fingerprint density at radius 3 is 2.74 bits per heavy atom. The first kappa shape index (κ1) is 16.0. The first-order chi connectivity index (χ1) is 13.2. The van der Waals surface area contributed by atoms with E-state index in [2.05, 4.69) is 48.6 Å². The van der Waals surface area contributed by atoms with Crippen molar-refractivity contribution >= 4 is 17.8 Å². The molecular formula is C24H18NO2. The summed E-state index contributed by atoms with van der Waals surface area (Å²) in [6.45, 7) is 0. The lowest BCUT2D eigenvalue weighted by molar-refractivity contribution is -0.385. The maximum absolute atomic E-state index is 11.7. The van der Waals surface area contributed by atoms with Crippen LogP contribution in [0.5, 0.6) is 0 Å². The molecule has 3 heteroatoms. The molecule has 2 aliphatic carbocycles. The van der Waals surface area contributed by atoms with Gasteiger partial charge in [-0.15, -0.1) is 0 Å². The fourth-order valence-corrected chi connectivity index (χ4v) is 4.57. The summed E-state index contributed by atoms with van der Waals surface area (Å²) in [5, 5.41) is 14.2. The fourth-order valence-electron chi connectivity index (χ4n) is 4.57. The molecule has 1 atom stereocenters. The van der Waals surface area contributed by atoms with Crippen LogP contribution in [-0.2, 0) is 6.42 Å². The monoisotopic (exact) mass is 352 g/mol. The van der Waals surface area contributed by atoms with Crippen molar-refractivity contribution in [2.75, 3.05) is 0 Å². The number of nitrogens with zero attached hydrogens (tertiary/aromatic N) is 1. The quantitative estimate of drug-likeness (QED) is 0.515. The second-order valence-corrected chi connectivity index (χ2v) is 7.17. The smallest absolute Gasteiger partial charge is 0.258 e. The average Bonchev–Trinajstić information content (AvgIpc) is 2.72. The summed E-state index contributed by atoms with van der Waals surface area (Å²) in [6, 6.07) is 20.8. The summed E-state index contributed by atoms with van der Waals surface area (Å²) >= 11 is 0. The first-order valence-electron chi connectivity index (χ1n) is 9.30. The third-order valence-corrected chi connectivity index (χ3v) is 5.73. The van der Waals surface area contributed by atoms with Gasteiger partial charge in [0.2, 0.25) is 0 Å². The van der Waals surface area contributed by atoms with E-state index in [1.54, 1.807) is 6.07 Å². The molecule has 3 nitrogen and oxygen atoms in total. The molecule has 0 bridgehead atoms. The maximum Gasteiger partial charge on any atom is 0.273 e. The number of hydrogen-bond donors (Lipinski definition) is 0. The van der Waals surface area contributed by atoms with E-state index in [0.29, 0.717) is 0 Å². The molecular weight excluding hydrogens is 334 g/mol. The molecule has 0 aromatic heterocycles. The molecule has 5 rings (SSSR count). The van der Waals surface area contributed by atoms with Crippen LogP contribution in [0, 0.1) is 16.2 Å². The Labute approximate surface area is 157 Å². The summed E-state index contributed by atoms with van der Waals surface area (Å²) in [7, 11) is 0. The van der Waals surface area contributed by atoms with Crippen molar-refractivity contribution < 1.29 is 4.92 Å². The van der Waals surface area contributed by atoms with Crippen LogP contribution in [0.4, 0.5) is 5.69 Å². The molecule has 1 radical (unpaired) electrons. The number of hydrogen-bond acceptors (Lipinski definition) is 2. The topological polar surface area (TPSA) is 43.1 Å². The van der Waals surface area contributed by atoms with Crippen LogP contribution in [0.15, 0.2) is 54.6 Å². The Hall–Kier alpha value is -3.20. The zero-order valence-electron chi connectivity index (χ0n) is 14.8. The van der Waals surface area contributed by atoms with Gasteiger partial charge < -0.3 is 0 Å². The summed E-state index contributed by atoms with van der Waals surface area (Å²) in [4.78, 5) is 11.4. The zero-order valence-corrected chi connectivity index (χ0v) is 14.8. The van der Waals surface area contributed by atoms with E-state index in [-0.39, 0.29) is 16.5 Å². The second-order valence-electron chi connectivity index (χ2n) is 7.17. The van der Waals surface area contributed by atoms with E-state index in [4.69, 9.17) is 0 Å². The molecule has 27 heavy (non-hydrogen) atoms. The largest absolute Gasteiger partial charge is 0.273 e. The minimum atomic E-state index is -0.281. The number of nitro benzene ring substituents is 1. The molecule has 131 valence electrons. The molecule has 0 fully saturated rings. The van der Waals surface area contributed by atoms with Crippen LogP contribution >= 0.6 is 0 Å². The Morgan fingerprint density at radius 2 is 1.85 bits per heavy atom. The molecule has 0 heterocycles. The standard InChI is InChI=1S/C24H18NO2/c26-25(27)23-12-6-5-11-20(23)22-15-17-8-2-3-9-18(17)21-14-13-16-7-1-4-10-19(16)24(21)22/h2-3,5,7-14,22H,1,4,15H2. The highest BCUT2D eigenvalue weighted by Crippen LogP contribution is 2.43. The summed E-state index contributed by atoms with van der Waals surface area (Å²) in [5.74, 6) is -0.0254. The fraction of sp³-hybridized carbons (Fsp3) is 0.167. The predicted octanol–water partition coefficient (Wildman–Crippen LogP) is 4.10. The molecule has 3 aromatic rings. The maximum atomic E-state index is 11.7. The van der Waals surface area contributed by atoms with E-state index < -0.39 is 0 Å². The van der Waals surface area contributed by atoms with Gasteiger partial charge in [-0.1, -0.05) is 60.7 Å². The molecule has 0 N–H and O–H groups in total. The number of rotatable bonds is 2. The van der Waals surface area contributed by atoms with Gasteiger partial charge in [0.05, 0.1) is 4.92 Å². The highest BCUT2D eigenvalue weighted by molar-refractivity contribution is 5.76. The van der Waals surface area contributed by atoms with Crippen molar-refractivity contribution in [3.05, 3.63) is 97.9 Å². The molecule has 2 aliphatic rings. The molecule has 3 aromatic carbocycles. The first-order valence-corrected chi connectivity index (χ1v) is 9.30. The lowest BCUT2D eigenvalue weighted by Gasteiger charge is -2.29. The second kappa shape index (κ2) is 6.20. The predicted molar refractivity (Wildman–Crippen MR) is 107 cm³/mol. The highest BCUT2D eigenvalue weighted by atomic mass is 16.6. The Balaban J connectivity index is 1.86. The minimum absolute atomic E-state index is 0.0254. The van der Waals surface area contributed by atoms with Gasteiger partial charge >= 0.3 is 0 Å². The van der Waals surface area contributed by atoms with Gasteiger partial charge in [-0.25, -0.2) is 0 Å². The van der Waals surface area contributed by atoms with Gasteiger partial charge in [0, 0.05) is 17.5 Å². The molecule has 1 unspecified atom stereocenters. The van der Waals surface area contributed by atoms with Gasteiger partial charge in [-0.3, -0.25) is 10.1 Å². The van der Waals surface area contributed by atoms with Crippen LogP contribution in [0.2, 0.25) is 0 Å². The SMILES string of the molecule is O=[N+]([O-])c1c[c]ccc1C1Cc2ccccc2-c2ccc3c(c21)=CCCC=3. The van der Waals surface area contributed by atoms with Crippen LogP contribution in [0.3, 0.4) is 0 Å². The Kier molecular flexibility index (Phi) is 3.68. The lowest BCUT2D eigenvalue weighted by Crippen LogP contribution is -2.34. The lowest BCUT2D eigenvalue weighted by atomic mass is 9.74. The van der Waals surface area contributed by atoms with Gasteiger partial charge in [0.25, 0.3) is 5.69 Å². The number of benzene rings is 3. The normalized spacial score (nSPS) is 17.0. The molecule has 0 spiro atoms. The van der Waals surface area contributed by atoms with E-state index in [9.17, 15) is 10.1 Å². The average molecular weight is 352 g/mol. The molecule has 0 aliphatic heterocycles. The van der Waals surface area contributed by atoms with Crippen molar-refractivity contribution in [3.63, 3.8) is 0 Å². The molecule has 0 amide bonds. The third-order valence-electron chi connectivity index (χ3n) is 5.73. The van der Waals surface area contributed by atoms with Crippen molar-refractivity contribution in [3.8, 4) is 11.1 Å². The Bertz CT molecular complexity index is 1190. The molecule has 0 saturated carbocycles. The van der Waals surface area contributed by atoms with E-state index in [0.717, 1.165) is 24.8 Å². The van der Waals surface area contributed by atoms with E-state index in [1.165, 1.54) is 38.8 Å². The van der Waals surface area contributed by atoms with Gasteiger partial charge in [0.1, 0.15) is 0 Å². The van der Waals surface area contributed by atoms with Gasteiger partial charge in [-0.2, -0.15) is 0 Å². The van der Waals surface area contributed by atoms with Crippen molar-refractivity contribution in [1.29, 1.82) is 0 Å². The number of fused-ring (bicyclic) bond motifs is 5. The van der Waals surface area contributed by atoms with E-state index >= 15 is 0 Å².